The predicted molar refractivity (Wildman–Crippen MR) is 113 cm³/mol. The Hall–Kier alpha value is -3.41. The van der Waals surface area contributed by atoms with Crippen LogP contribution in [0.2, 0.25) is 0 Å². The summed E-state index contributed by atoms with van der Waals surface area (Å²) in [5.74, 6) is 0.645. The van der Waals surface area contributed by atoms with Crippen molar-refractivity contribution < 1.29 is 4.79 Å². The van der Waals surface area contributed by atoms with Gasteiger partial charge in [-0.25, -0.2) is 0 Å². The van der Waals surface area contributed by atoms with Crippen molar-refractivity contribution in [1.82, 2.24) is 20.9 Å². The van der Waals surface area contributed by atoms with Crippen molar-refractivity contribution in [2.75, 3.05) is 20.6 Å². The Balaban J connectivity index is 1.55. The van der Waals surface area contributed by atoms with Crippen molar-refractivity contribution >= 4 is 22.6 Å². The predicted octanol–water partition coefficient (Wildman–Crippen LogP) is 2.50. The minimum absolute atomic E-state index is 0.0742. The van der Waals surface area contributed by atoms with Gasteiger partial charge < -0.3 is 16.0 Å². The van der Waals surface area contributed by atoms with Crippen molar-refractivity contribution in [3.63, 3.8) is 0 Å². The van der Waals surface area contributed by atoms with Gasteiger partial charge in [-0.3, -0.25) is 14.8 Å². The highest BCUT2D eigenvalue weighted by molar-refractivity contribution is 5.94. The van der Waals surface area contributed by atoms with E-state index < -0.39 is 0 Å². The molecular formula is C22H25N5O. The summed E-state index contributed by atoms with van der Waals surface area (Å²) in [6.45, 7) is 1.30. The van der Waals surface area contributed by atoms with Crippen LogP contribution in [0.15, 0.2) is 65.8 Å². The average Bonchev–Trinajstić information content (AvgIpc) is 2.75. The van der Waals surface area contributed by atoms with E-state index in [-0.39, 0.29) is 5.91 Å². The van der Waals surface area contributed by atoms with Crippen LogP contribution in [0.5, 0.6) is 0 Å². The van der Waals surface area contributed by atoms with Crippen LogP contribution < -0.4 is 16.0 Å². The van der Waals surface area contributed by atoms with E-state index in [1.54, 1.807) is 14.1 Å². The van der Waals surface area contributed by atoms with Gasteiger partial charge in [-0.05, 0) is 35.6 Å². The zero-order valence-corrected chi connectivity index (χ0v) is 16.2. The second kappa shape index (κ2) is 9.50. The largest absolute Gasteiger partial charge is 0.356 e. The minimum atomic E-state index is -0.0742. The van der Waals surface area contributed by atoms with Crippen molar-refractivity contribution in [1.29, 1.82) is 0 Å². The first-order valence-electron chi connectivity index (χ1n) is 9.29. The first kappa shape index (κ1) is 19.4. The van der Waals surface area contributed by atoms with Crippen LogP contribution in [-0.2, 0) is 13.0 Å². The van der Waals surface area contributed by atoms with Crippen LogP contribution in [-0.4, -0.2) is 37.5 Å². The van der Waals surface area contributed by atoms with Crippen LogP contribution in [0.3, 0.4) is 0 Å². The molecule has 0 atom stereocenters. The first-order chi connectivity index (χ1) is 13.7. The van der Waals surface area contributed by atoms with Gasteiger partial charge >= 0.3 is 0 Å². The quantitative estimate of drug-likeness (QED) is 0.457. The molecule has 1 heterocycles. The van der Waals surface area contributed by atoms with Crippen molar-refractivity contribution in [3.8, 4) is 0 Å². The monoisotopic (exact) mass is 375 g/mol. The number of aliphatic imine (C=N–C) groups is 1. The molecule has 28 heavy (non-hydrogen) atoms. The van der Waals surface area contributed by atoms with E-state index in [1.165, 1.54) is 5.39 Å². The van der Waals surface area contributed by atoms with Gasteiger partial charge in [0.25, 0.3) is 5.91 Å². The van der Waals surface area contributed by atoms with Crippen LogP contribution in [0.25, 0.3) is 10.8 Å². The smallest absolute Gasteiger partial charge is 0.251 e. The van der Waals surface area contributed by atoms with Gasteiger partial charge in [-0.15, -0.1) is 0 Å². The maximum atomic E-state index is 11.7. The lowest BCUT2D eigenvalue weighted by Crippen LogP contribution is -2.38. The van der Waals surface area contributed by atoms with E-state index in [4.69, 9.17) is 0 Å². The summed E-state index contributed by atoms with van der Waals surface area (Å²) in [6.07, 6.45) is 2.62. The molecule has 0 bridgehead atoms. The number of carbonyl (C=O) groups excluding carboxylic acids is 1. The molecule has 0 spiro atoms. The van der Waals surface area contributed by atoms with Gasteiger partial charge in [0, 0.05) is 37.8 Å². The zero-order valence-electron chi connectivity index (χ0n) is 16.2. The number of benzene rings is 2. The number of rotatable bonds is 6. The molecule has 0 radical (unpaired) electrons. The molecule has 2 aromatic carbocycles. The van der Waals surface area contributed by atoms with Crippen molar-refractivity contribution in [2.45, 2.75) is 13.0 Å². The van der Waals surface area contributed by atoms with E-state index in [1.807, 2.05) is 48.7 Å². The Kier molecular flexibility index (Phi) is 6.57. The number of fused-ring (bicyclic) bond motifs is 1. The highest BCUT2D eigenvalue weighted by Gasteiger charge is 2.05. The van der Waals surface area contributed by atoms with Gasteiger partial charge in [-0.2, -0.15) is 0 Å². The van der Waals surface area contributed by atoms with Gasteiger partial charge in [0.05, 0.1) is 12.2 Å². The molecule has 0 aliphatic heterocycles. The van der Waals surface area contributed by atoms with E-state index in [2.05, 4.69) is 38.1 Å². The molecule has 6 heteroatoms. The van der Waals surface area contributed by atoms with Gasteiger partial charge in [-0.1, -0.05) is 36.4 Å². The number of aromatic nitrogens is 1. The highest BCUT2D eigenvalue weighted by atomic mass is 16.1. The third-order valence-electron chi connectivity index (χ3n) is 4.53. The molecule has 0 aliphatic carbocycles. The molecule has 0 saturated heterocycles. The minimum Gasteiger partial charge on any atom is -0.356 e. The zero-order chi connectivity index (χ0) is 19.8. The summed E-state index contributed by atoms with van der Waals surface area (Å²) in [7, 11) is 3.38. The Bertz CT molecular complexity index is 978. The second-order valence-electron chi connectivity index (χ2n) is 6.36. The molecule has 1 aromatic heterocycles. The number of nitrogens with zero attached hydrogens (tertiary/aromatic N) is 2. The molecule has 3 aromatic rings. The highest BCUT2D eigenvalue weighted by Crippen LogP contribution is 2.15. The van der Waals surface area contributed by atoms with Crippen LogP contribution in [0, 0.1) is 0 Å². The molecule has 3 rings (SSSR count). The number of carbonyl (C=O) groups is 1. The number of hydrogen-bond donors (Lipinski definition) is 3. The fourth-order valence-corrected chi connectivity index (χ4v) is 3.05. The van der Waals surface area contributed by atoms with E-state index in [9.17, 15) is 4.79 Å². The Morgan fingerprint density at radius 3 is 2.75 bits per heavy atom. The lowest BCUT2D eigenvalue weighted by Gasteiger charge is -2.13. The summed E-state index contributed by atoms with van der Waals surface area (Å²) in [5, 5.41) is 11.6. The van der Waals surface area contributed by atoms with Crippen LogP contribution in [0.4, 0.5) is 0 Å². The molecule has 0 fully saturated rings. The fraction of sp³-hybridized carbons (Fsp3) is 0.227. The van der Waals surface area contributed by atoms with Crippen molar-refractivity contribution in [2.24, 2.45) is 4.99 Å². The lowest BCUT2D eigenvalue weighted by atomic mass is 10.1. The van der Waals surface area contributed by atoms with Gasteiger partial charge in [0.15, 0.2) is 5.96 Å². The Labute approximate surface area is 165 Å². The van der Waals surface area contributed by atoms with Gasteiger partial charge in [0.2, 0.25) is 0 Å². The molecule has 3 N–H and O–H groups in total. The average molecular weight is 375 g/mol. The second-order valence-corrected chi connectivity index (χ2v) is 6.36. The molecular weight excluding hydrogens is 350 g/mol. The van der Waals surface area contributed by atoms with Crippen LogP contribution >= 0.6 is 0 Å². The summed E-state index contributed by atoms with van der Waals surface area (Å²) in [4.78, 5) is 20.5. The van der Waals surface area contributed by atoms with Crippen LogP contribution in [0.1, 0.15) is 21.6 Å². The number of hydrogen-bond acceptors (Lipinski definition) is 3. The number of nitrogens with one attached hydrogen (secondary N) is 3. The summed E-state index contributed by atoms with van der Waals surface area (Å²) in [5.41, 5.74) is 2.75. The summed E-state index contributed by atoms with van der Waals surface area (Å²) < 4.78 is 0. The number of pyridine rings is 1. The third kappa shape index (κ3) is 4.85. The molecule has 0 unspecified atom stereocenters. The lowest BCUT2D eigenvalue weighted by molar-refractivity contribution is 0.0963. The van der Waals surface area contributed by atoms with E-state index in [0.29, 0.717) is 18.7 Å². The van der Waals surface area contributed by atoms with Crippen molar-refractivity contribution in [3.05, 3.63) is 77.6 Å². The SMILES string of the molecule is CN=C(NCCc1cccc(C(=O)NC)c1)NCc1nccc2ccccc12. The van der Waals surface area contributed by atoms with E-state index >= 15 is 0 Å². The summed E-state index contributed by atoms with van der Waals surface area (Å²) >= 11 is 0. The Morgan fingerprint density at radius 2 is 1.93 bits per heavy atom. The standard InChI is InChI=1S/C22H25N5O/c1-23-21(28)18-8-5-6-16(14-18)10-12-26-22(24-2)27-15-20-19-9-4-3-7-17(19)11-13-25-20/h3-9,11,13-14H,10,12,15H2,1-2H3,(H,23,28)(H2,24,26,27). The first-order valence-corrected chi connectivity index (χ1v) is 9.29. The third-order valence-corrected chi connectivity index (χ3v) is 4.53. The maximum absolute atomic E-state index is 11.7. The summed E-state index contributed by atoms with van der Waals surface area (Å²) in [6, 6.07) is 17.9. The molecule has 0 saturated carbocycles. The molecule has 144 valence electrons. The number of amides is 1. The number of guanidine groups is 1. The Morgan fingerprint density at radius 1 is 1.07 bits per heavy atom. The molecule has 6 nitrogen and oxygen atoms in total. The van der Waals surface area contributed by atoms with E-state index in [0.717, 1.165) is 29.0 Å². The molecule has 0 aliphatic rings. The normalized spacial score (nSPS) is 11.3. The maximum Gasteiger partial charge on any atom is 0.251 e. The van der Waals surface area contributed by atoms with Gasteiger partial charge in [0.1, 0.15) is 0 Å². The topological polar surface area (TPSA) is 78.4 Å². The molecule has 1 amide bonds. The fourth-order valence-electron chi connectivity index (χ4n) is 3.05.